The molecule has 5 nitrogen and oxygen atoms in total. The van der Waals surface area contributed by atoms with Crippen molar-refractivity contribution in [1.29, 1.82) is 0 Å². The summed E-state index contributed by atoms with van der Waals surface area (Å²) in [7, 11) is 0. The SMILES string of the molecule is Brc1ccc(N2CC(c3nnc4ccccn34)C2)nc1. The van der Waals surface area contributed by atoms with E-state index in [1.54, 1.807) is 0 Å². The summed E-state index contributed by atoms with van der Waals surface area (Å²) in [5.41, 5.74) is 0.905. The van der Waals surface area contributed by atoms with Gasteiger partial charge in [-0.1, -0.05) is 6.07 Å². The molecule has 0 bridgehead atoms. The second-order valence-corrected chi connectivity index (χ2v) is 5.84. The Kier molecular flexibility index (Phi) is 2.70. The Labute approximate surface area is 124 Å². The van der Waals surface area contributed by atoms with Gasteiger partial charge in [0.05, 0.1) is 5.92 Å². The Morgan fingerprint density at radius 2 is 2.00 bits per heavy atom. The molecule has 0 radical (unpaired) electrons. The highest BCUT2D eigenvalue weighted by Gasteiger charge is 2.32. The Bertz CT molecular complexity index is 746. The Hall–Kier alpha value is -1.95. The molecule has 0 spiro atoms. The third-order valence-electron chi connectivity index (χ3n) is 3.62. The quantitative estimate of drug-likeness (QED) is 0.724. The van der Waals surface area contributed by atoms with Gasteiger partial charge in [0.15, 0.2) is 5.65 Å². The number of rotatable bonds is 2. The van der Waals surface area contributed by atoms with E-state index in [0.29, 0.717) is 5.92 Å². The van der Waals surface area contributed by atoms with Crippen LogP contribution >= 0.6 is 15.9 Å². The van der Waals surface area contributed by atoms with Crippen LogP contribution in [0.2, 0.25) is 0 Å². The topological polar surface area (TPSA) is 46.3 Å². The molecule has 6 heteroatoms. The summed E-state index contributed by atoms with van der Waals surface area (Å²) < 4.78 is 3.07. The van der Waals surface area contributed by atoms with E-state index < -0.39 is 0 Å². The lowest BCUT2D eigenvalue weighted by molar-refractivity contribution is 0.493. The molecule has 100 valence electrons. The number of nitrogens with zero attached hydrogens (tertiary/aromatic N) is 5. The minimum absolute atomic E-state index is 0.415. The van der Waals surface area contributed by atoms with Crippen LogP contribution in [-0.4, -0.2) is 32.7 Å². The summed E-state index contributed by atoms with van der Waals surface area (Å²) in [6, 6.07) is 10.0. The zero-order valence-corrected chi connectivity index (χ0v) is 12.2. The molecule has 20 heavy (non-hydrogen) atoms. The molecule has 4 rings (SSSR count). The van der Waals surface area contributed by atoms with E-state index in [1.165, 1.54) is 0 Å². The van der Waals surface area contributed by atoms with Crippen LogP contribution in [0.5, 0.6) is 0 Å². The molecule has 3 aromatic heterocycles. The highest BCUT2D eigenvalue weighted by Crippen LogP contribution is 2.30. The van der Waals surface area contributed by atoms with Crippen molar-refractivity contribution in [3.8, 4) is 0 Å². The molecule has 0 N–H and O–H groups in total. The second kappa shape index (κ2) is 4.56. The van der Waals surface area contributed by atoms with Gasteiger partial charge in [0.2, 0.25) is 0 Å². The molecule has 1 fully saturated rings. The van der Waals surface area contributed by atoms with Gasteiger partial charge in [-0.2, -0.15) is 0 Å². The minimum Gasteiger partial charge on any atom is -0.355 e. The second-order valence-electron chi connectivity index (χ2n) is 4.92. The predicted molar refractivity (Wildman–Crippen MR) is 79.9 cm³/mol. The number of hydrogen-bond acceptors (Lipinski definition) is 4. The van der Waals surface area contributed by atoms with Crippen molar-refractivity contribution < 1.29 is 0 Å². The average molecular weight is 330 g/mol. The van der Waals surface area contributed by atoms with Crippen molar-refractivity contribution in [3.63, 3.8) is 0 Å². The monoisotopic (exact) mass is 329 g/mol. The maximum absolute atomic E-state index is 4.41. The number of anilines is 1. The molecule has 1 aliphatic rings. The van der Waals surface area contributed by atoms with Crippen molar-refractivity contribution in [2.24, 2.45) is 0 Å². The molecule has 0 aliphatic carbocycles. The molecule has 3 aromatic rings. The van der Waals surface area contributed by atoms with Crippen molar-refractivity contribution in [2.75, 3.05) is 18.0 Å². The third-order valence-corrected chi connectivity index (χ3v) is 4.09. The van der Waals surface area contributed by atoms with Gasteiger partial charge in [0, 0.05) is 30.0 Å². The summed E-state index contributed by atoms with van der Waals surface area (Å²) in [6.45, 7) is 1.87. The predicted octanol–water partition coefficient (Wildman–Crippen LogP) is 2.49. The van der Waals surface area contributed by atoms with Crippen LogP contribution in [0.25, 0.3) is 5.65 Å². The first-order valence-corrected chi connectivity index (χ1v) is 7.27. The van der Waals surface area contributed by atoms with Crippen LogP contribution in [0.15, 0.2) is 47.2 Å². The third kappa shape index (κ3) is 1.87. The number of pyridine rings is 2. The van der Waals surface area contributed by atoms with Gasteiger partial charge in [0.1, 0.15) is 11.6 Å². The molecule has 0 aromatic carbocycles. The number of halogens is 1. The summed E-state index contributed by atoms with van der Waals surface area (Å²) in [6.07, 6.45) is 3.85. The standard InChI is InChI=1S/C14H12BrN5/c15-11-4-5-12(16-7-11)19-8-10(9-19)14-18-17-13-3-1-2-6-20(13)14/h1-7,10H,8-9H2. The maximum atomic E-state index is 4.41. The lowest BCUT2D eigenvalue weighted by Crippen LogP contribution is -2.46. The lowest BCUT2D eigenvalue weighted by Gasteiger charge is -2.39. The van der Waals surface area contributed by atoms with Gasteiger partial charge in [0.25, 0.3) is 0 Å². The first kappa shape index (κ1) is 11.8. The number of aromatic nitrogens is 4. The highest BCUT2D eigenvalue weighted by molar-refractivity contribution is 9.10. The number of hydrogen-bond donors (Lipinski definition) is 0. The van der Waals surface area contributed by atoms with Crippen LogP contribution in [0.4, 0.5) is 5.82 Å². The molecule has 0 atom stereocenters. The van der Waals surface area contributed by atoms with Crippen molar-refractivity contribution in [2.45, 2.75) is 5.92 Å². The number of fused-ring (bicyclic) bond motifs is 1. The smallest absolute Gasteiger partial charge is 0.160 e. The van der Waals surface area contributed by atoms with Crippen molar-refractivity contribution in [3.05, 3.63) is 53.0 Å². The van der Waals surface area contributed by atoms with Crippen LogP contribution < -0.4 is 4.90 Å². The van der Waals surface area contributed by atoms with Gasteiger partial charge in [-0.25, -0.2) is 4.98 Å². The van der Waals surface area contributed by atoms with Crippen molar-refractivity contribution >= 4 is 27.4 Å². The fourth-order valence-electron chi connectivity index (χ4n) is 2.52. The highest BCUT2D eigenvalue weighted by atomic mass is 79.9. The van der Waals surface area contributed by atoms with Crippen LogP contribution in [0.3, 0.4) is 0 Å². The summed E-state index contributed by atoms with van der Waals surface area (Å²) in [5.74, 6) is 2.46. The molecule has 0 amide bonds. The fourth-order valence-corrected chi connectivity index (χ4v) is 2.76. The van der Waals surface area contributed by atoms with E-state index in [0.717, 1.165) is 34.9 Å². The summed E-state index contributed by atoms with van der Waals surface area (Å²) in [5, 5.41) is 8.52. The van der Waals surface area contributed by atoms with Gasteiger partial charge in [-0.15, -0.1) is 10.2 Å². The summed E-state index contributed by atoms with van der Waals surface area (Å²) >= 11 is 3.40. The largest absolute Gasteiger partial charge is 0.355 e. The van der Waals surface area contributed by atoms with E-state index in [1.807, 2.05) is 42.7 Å². The average Bonchev–Trinajstić information content (AvgIpc) is 2.84. The molecular weight excluding hydrogens is 318 g/mol. The maximum Gasteiger partial charge on any atom is 0.160 e. The van der Waals surface area contributed by atoms with Crippen LogP contribution in [-0.2, 0) is 0 Å². The summed E-state index contributed by atoms with van der Waals surface area (Å²) in [4.78, 5) is 6.67. The van der Waals surface area contributed by atoms with Gasteiger partial charge >= 0.3 is 0 Å². The molecule has 1 saturated heterocycles. The first-order valence-electron chi connectivity index (χ1n) is 6.47. The molecule has 4 heterocycles. The van der Waals surface area contributed by atoms with E-state index in [4.69, 9.17) is 0 Å². The lowest BCUT2D eigenvalue weighted by atomic mass is 9.99. The van der Waals surface area contributed by atoms with E-state index in [9.17, 15) is 0 Å². The molecular formula is C14H12BrN5. The first-order chi connectivity index (χ1) is 9.81. The zero-order valence-electron chi connectivity index (χ0n) is 10.6. The minimum atomic E-state index is 0.415. The van der Waals surface area contributed by atoms with Crippen LogP contribution in [0.1, 0.15) is 11.7 Å². The van der Waals surface area contributed by atoms with Gasteiger partial charge < -0.3 is 4.90 Å². The van der Waals surface area contributed by atoms with Crippen molar-refractivity contribution in [1.82, 2.24) is 19.6 Å². The normalized spacial score (nSPS) is 15.6. The van der Waals surface area contributed by atoms with Gasteiger partial charge in [-0.05, 0) is 40.2 Å². The molecule has 0 saturated carbocycles. The van der Waals surface area contributed by atoms with E-state index in [-0.39, 0.29) is 0 Å². The van der Waals surface area contributed by atoms with E-state index >= 15 is 0 Å². The van der Waals surface area contributed by atoms with Gasteiger partial charge in [-0.3, -0.25) is 4.40 Å². The Morgan fingerprint density at radius 3 is 2.80 bits per heavy atom. The Morgan fingerprint density at radius 1 is 1.10 bits per heavy atom. The van der Waals surface area contributed by atoms with E-state index in [2.05, 4.69) is 40.4 Å². The molecule has 1 aliphatic heterocycles. The van der Waals surface area contributed by atoms with Crippen LogP contribution in [0, 0.1) is 0 Å². The Balaban J connectivity index is 1.55. The fraction of sp³-hybridized carbons (Fsp3) is 0.214. The zero-order chi connectivity index (χ0) is 13.5. The molecule has 0 unspecified atom stereocenters.